The highest BCUT2D eigenvalue weighted by Gasteiger charge is 2.29. The summed E-state index contributed by atoms with van der Waals surface area (Å²) in [4.78, 5) is 11.5. The van der Waals surface area contributed by atoms with Crippen LogP contribution in [0.1, 0.15) is 15.9 Å². The molecule has 0 saturated carbocycles. The van der Waals surface area contributed by atoms with Crippen LogP contribution in [0, 0.1) is 3.57 Å². The maximum atomic E-state index is 12.5. The van der Waals surface area contributed by atoms with Crippen LogP contribution in [0.4, 0.5) is 8.78 Å². The summed E-state index contributed by atoms with van der Waals surface area (Å²) in [6.07, 6.45) is -2.31. The monoisotopic (exact) mass is 323 g/mol. The van der Waals surface area contributed by atoms with Crippen molar-refractivity contribution in [2.24, 2.45) is 0 Å². The van der Waals surface area contributed by atoms with Gasteiger partial charge in [-0.3, -0.25) is 4.79 Å². The number of benzene rings is 1. The Kier molecular flexibility index (Phi) is 2.90. The van der Waals surface area contributed by atoms with E-state index in [-0.39, 0.29) is 6.42 Å². The second-order valence-electron chi connectivity index (χ2n) is 3.42. The SMILES string of the molecule is O=C1NC(C(F)F)Cc2ccc(I)cc21. The minimum absolute atomic E-state index is 0.204. The second-order valence-corrected chi connectivity index (χ2v) is 4.67. The number of carbonyl (C=O) groups is 1. The fraction of sp³-hybridized carbons (Fsp3) is 0.300. The van der Waals surface area contributed by atoms with Crippen LogP contribution in [-0.2, 0) is 6.42 Å². The number of carbonyl (C=O) groups excluding carboxylic acids is 1. The Balaban J connectivity index is 2.37. The molecule has 1 N–H and O–H groups in total. The third-order valence-corrected chi connectivity index (χ3v) is 3.05. The molecule has 1 aliphatic rings. The van der Waals surface area contributed by atoms with Gasteiger partial charge in [-0.1, -0.05) is 6.07 Å². The first-order valence-electron chi connectivity index (χ1n) is 4.45. The largest absolute Gasteiger partial charge is 0.343 e. The van der Waals surface area contributed by atoms with Crippen LogP contribution in [-0.4, -0.2) is 18.4 Å². The third-order valence-electron chi connectivity index (χ3n) is 2.38. The van der Waals surface area contributed by atoms with Crippen molar-refractivity contribution in [1.82, 2.24) is 5.32 Å². The van der Waals surface area contributed by atoms with Crippen molar-refractivity contribution in [2.45, 2.75) is 18.9 Å². The zero-order valence-electron chi connectivity index (χ0n) is 7.64. The molecule has 0 bridgehead atoms. The zero-order valence-corrected chi connectivity index (χ0v) is 9.79. The number of fused-ring (bicyclic) bond motifs is 1. The van der Waals surface area contributed by atoms with Gasteiger partial charge in [0.1, 0.15) is 0 Å². The molecule has 0 aliphatic carbocycles. The third kappa shape index (κ3) is 2.11. The molecule has 1 aliphatic heterocycles. The summed E-state index contributed by atoms with van der Waals surface area (Å²) >= 11 is 2.09. The number of halogens is 3. The lowest BCUT2D eigenvalue weighted by Crippen LogP contribution is -2.45. The summed E-state index contributed by atoms with van der Waals surface area (Å²) in [6.45, 7) is 0. The first-order chi connectivity index (χ1) is 7.08. The average Bonchev–Trinajstić information content (AvgIpc) is 2.18. The van der Waals surface area contributed by atoms with Crippen LogP contribution in [0.15, 0.2) is 18.2 Å². The Bertz CT molecular complexity index is 408. The maximum absolute atomic E-state index is 12.5. The maximum Gasteiger partial charge on any atom is 0.258 e. The lowest BCUT2D eigenvalue weighted by atomic mass is 9.95. The first-order valence-corrected chi connectivity index (χ1v) is 5.53. The summed E-state index contributed by atoms with van der Waals surface area (Å²) in [5.41, 5.74) is 1.21. The predicted octanol–water partition coefficient (Wildman–Crippen LogP) is 2.21. The van der Waals surface area contributed by atoms with Crippen LogP contribution >= 0.6 is 22.6 Å². The Morgan fingerprint density at radius 1 is 1.47 bits per heavy atom. The van der Waals surface area contributed by atoms with E-state index in [1.54, 1.807) is 12.1 Å². The number of hydrogen-bond acceptors (Lipinski definition) is 1. The fourth-order valence-electron chi connectivity index (χ4n) is 1.62. The predicted molar refractivity (Wildman–Crippen MR) is 60.1 cm³/mol. The molecule has 80 valence electrons. The van der Waals surface area contributed by atoms with Gasteiger partial charge < -0.3 is 5.32 Å². The molecular weight excluding hydrogens is 315 g/mol. The lowest BCUT2D eigenvalue weighted by molar-refractivity contribution is 0.0715. The highest BCUT2D eigenvalue weighted by molar-refractivity contribution is 14.1. The Labute approximate surface area is 99.2 Å². The number of nitrogens with one attached hydrogen (secondary N) is 1. The topological polar surface area (TPSA) is 29.1 Å². The molecule has 0 saturated heterocycles. The molecule has 1 aromatic carbocycles. The van der Waals surface area contributed by atoms with Gasteiger partial charge in [0.05, 0.1) is 6.04 Å². The molecule has 1 amide bonds. The quantitative estimate of drug-likeness (QED) is 0.789. The Hall–Kier alpha value is -0.720. The van der Waals surface area contributed by atoms with E-state index >= 15 is 0 Å². The van der Waals surface area contributed by atoms with Gasteiger partial charge in [-0.25, -0.2) is 8.78 Å². The van der Waals surface area contributed by atoms with E-state index in [4.69, 9.17) is 0 Å². The van der Waals surface area contributed by atoms with E-state index in [9.17, 15) is 13.6 Å². The molecule has 0 aromatic heterocycles. The van der Waals surface area contributed by atoms with Gasteiger partial charge in [0.2, 0.25) is 0 Å². The van der Waals surface area contributed by atoms with Crippen molar-refractivity contribution in [1.29, 1.82) is 0 Å². The normalized spacial score (nSPS) is 20.0. The van der Waals surface area contributed by atoms with Gasteiger partial charge >= 0.3 is 0 Å². The van der Waals surface area contributed by atoms with E-state index in [0.29, 0.717) is 11.1 Å². The second kappa shape index (κ2) is 4.03. The van der Waals surface area contributed by atoms with Gasteiger partial charge in [-0.2, -0.15) is 0 Å². The zero-order chi connectivity index (χ0) is 11.0. The number of hydrogen-bond donors (Lipinski definition) is 1. The molecule has 15 heavy (non-hydrogen) atoms. The average molecular weight is 323 g/mol. The van der Waals surface area contributed by atoms with Crippen LogP contribution in [0.25, 0.3) is 0 Å². The molecule has 0 spiro atoms. The highest BCUT2D eigenvalue weighted by atomic mass is 127. The van der Waals surface area contributed by atoms with Crippen molar-refractivity contribution in [2.75, 3.05) is 0 Å². The number of rotatable bonds is 1. The first kappa shape index (κ1) is 10.8. The Morgan fingerprint density at radius 2 is 2.20 bits per heavy atom. The minimum Gasteiger partial charge on any atom is -0.343 e. The summed E-state index contributed by atoms with van der Waals surface area (Å²) in [5.74, 6) is -0.403. The van der Waals surface area contributed by atoms with Crippen LogP contribution < -0.4 is 5.32 Å². The van der Waals surface area contributed by atoms with Crippen LogP contribution in [0.2, 0.25) is 0 Å². The number of alkyl halides is 2. The van der Waals surface area contributed by atoms with Crippen LogP contribution in [0.3, 0.4) is 0 Å². The Morgan fingerprint density at radius 3 is 2.87 bits per heavy atom. The summed E-state index contributed by atoms with van der Waals surface area (Å²) < 4.78 is 25.8. The minimum atomic E-state index is -2.51. The van der Waals surface area contributed by atoms with Gasteiger partial charge in [-0.05, 0) is 46.7 Å². The molecule has 0 fully saturated rings. The van der Waals surface area contributed by atoms with E-state index in [2.05, 4.69) is 27.9 Å². The van der Waals surface area contributed by atoms with Crippen molar-refractivity contribution in [3.63, 3.8) is 0 Å². The molecule has 2 nitrogen and oxygen atoms in total. The molecule has 1 unspecified atom stereocenters. The van der Waals surface area contributed by atoms with Crippen molar-refractivity contribution in [3.8, 4) is 0 Å². The summed E-state index contributed by atoms with van der Waals surface area (Å²) in [6, 6.07) is 4.23. The fourth-order valence-corrected chi connectivity index (χ4v) is 2.12. The van der Waals surface area contributed by atoms with Gasteiger partial charge in [0.25, 0.3) is 12.3 Å². The molecule has 5 heteroatoms. The molecule has 1 atom stereocenters. The molecule has 2 rings (SSSR count). The van der Waals surface area contributed by atoms with Crippen molar-refractivity contribution < 1.29 is 13.6 Å². The van der Waals surface area contributed by atoms with Gasteiger partial charge in [-0.15, -0.1) is 0 Å². The number of amides is 1. The van der Waals surface area contributed by atoms with E-state index in [0.717, 1.165) is 3.57 Å². The van der Waals surface area contributed by atoms with Crippen molar-refractivity contribution >= 4 is 28.5 Å². The summed E-state index contributed by atoms with van der Waals surface area (Å²) in [5, 5.41) is 2.31. The molecule has 1 heterocycles. The molecule has 0 radical (unpaired) electrons. The van der Waals surface area contributed by atoms with E-state index in [1.807, 2.05) is 6.07 Å². The highest BCUT2D eigenvalue weighted by Crippen LogP contribution is 2.21. The van der Waals surface area contributed by atoms with Gasteiger partial charge in [0, 0.05) is 9.13 Å². The van der Waals surface area contributed by atoms with Crippen LogP contribution in [0.5, 0.6) is 0 Å². The summed E-state index contributed by atoms with van der Waals surface area (Å²) in [7, 11) is 0. The van der Waals surface area contributed by atoms with E-state index < -0.39 is 18.4 Å². The molecule has 1 aromatic rings. The standard InChI is InChI=1S/C10H8F2INO/c11-9(12)8-3-5-1-2-6(13)4-7(5)10(15)14-8/h1-2,4,8-9H,3H2,(H,14,15). The smallest absolute Gasteiger partial charge is 0.258 e. The van der Waals surface area contributed by atoms with Crippen molar-refractivity contribution in [3.05, 3.63) is 32.9 Å². The molecular formula is C10H8F2INO. The lowest BCUT2D eigenvalue weighted by Gasteiger charge is -2.24. The van der Waals surface area contributed by atoms with E-state index in [1.165, 1.54) is 0 Å². The van der Waals surface area contributed by atoms with Gasteiger partial charge in [0.15, 0.2) is 0 Å².